The molecule has 0 radical (unpaired) electrons. The Labute approximate surface area is 275 Å². The Bertz CT molecular complexity index is 1440. The first-order valence-corrected chi connectivity index (χ1v) is 18.9. The SMILES string of the molecule is CC(C)C[C@@H](C(=O)NN(C(=O)NCc1ccccc1)c1ccccc1)[C@H](C/C=C/c1ccccc1)C(=O)N(O)[Si](C)(C)C(C)(C)C. The van der Waals surface area contributed by atoms with E-state index >= 15 is 0 Å². The second kappa shape index (κ2) is 16.4. The Kier molecular flexibility index (Phi) is 12.9. The number of urea groups is 1. The molecule has 9 heteroatoms. The van der Waals surface area contributed by atoms with Gasteiger partial charge in [-0.2, -0.15) is 0 Å². The van der Waals surface area contributed by atoms with Gasteiger partial charge in [0.15, 0.2) is 8.24 Å². The molecule has 0 aliphatic rings. The zero-order chi connectivity index (χ0) is 33.9. The third-order valence-corrected chi connectivity index (χ3v) is 13.6. The van der Waals surface area contributed by atoms with Crippen LogP contribution in [-0.4, -0.2) is 36.0 Å². The number of carbonyl (C=O) groups is 3. The molecule has 0 aliphatic carbocycles. The standard InChI is InChI=1S/C37H50N4O4Si/c1-28(2)26-33(32(25-17-22-29-18-11-8-12-19-29)35(43)41(45)46(6,7)37(3,4)5)34(42)39-40(31-23-15-10-16-24-31)36(44)38-27-30-20-13-9-14-21-30/h8-24,28,32-33,45H,25-27H2,1-7H3,(H,38,44)(H,39,42)/b22-17+/t32-,33+/m0/s1. The van der Waals surface area contributed by atoms with Gasteiger partial charge in [0, 0.05) is 6.54 Å². The van der Waals surface area contributed by atoms with Crippen molar-refractivity contribution in [2.24, 2.45) is 17.8 Å². The third kappa shape index (κ3) is 9.89. The van der Waals surface area contributed by atoms with E-state index in [-0.39, 0.29) is 23.9 Å². The van der Waals surface area contributed by atoms with E-state index in [1.165, 1.54) is 5.01 Å². The lowest BCUT2D eigenvalue weighted by Crippen LogP contribution is -2.59. The maximum atomic E-state index is 14.3. The number of hydrazine groups is 1. The van der Waals surface area contributed by atoms with E-state index in [2.05, 4.69) is 10.7 Å². The molecule has 3 aromatic rings. The van der Waals surface area contributed by atoms with Crippen LogP contribution in [0.2, 0.25) is 18.1 Å². The number of anilines is 1. The fourth-order valence-electron chi connectivity index (χ4n) is 4.92. The quantitative estimate of drug-likeness (QED) is 0.106. The second-order valence-corrected chi connectivity index (χ2v) is 18.7. The van der Waals surface area contributed by atoms with Gasteiger partial charge in [0.2, 0.25) is 11.8 Å². The monoisotopic (exact) mass is 642 g/mol. The highest BCUT2D eigenvalue weighted by Gasteiger charge is 2.47. The van der Waals surface area contributed by atoms with E-state index in [0.29, 0.717) is 12.1 Å². The van der Waals surface area contributed by atoms with Gasteiger partial charge in [0.25, 0.3) is 0 Å². The van der Waals surface area contributed by atoms with Crippen LogP contribution in [-0.2, 0) is 16.1 Å². The molecule has 0 aliphatic heterocycles. The Morgan fingerprint density at radius 2 is 1.39 bits per heavy atom. The molecule has 0 saturated heterocycles. The first-order chi connectivity index (χ1) is 21.7. The van der Waals surface area contributed by atoms with Gasteiger partial charge in [0.1, 0.15) is 0 Å². The number of hydroxylamine groups is 1. The van der Waals surface area contributed by atoms with Crippen LogP contribution in [0.25, 0.3) is 6.08 Å². The maximum Gasteiger partial charge on any atom is 0.341 e. The summed E-state index contributed by atoms with van der Waals surface area (Å²) in [6, 6.07) is 27.6. The Morgan fingerprint density at radius 3 is 1.93 bits per heavy atom. The van der Waals surface area contributed by atoms with Crippen molar-refractivity contribution in [2.45, 2.75) is 72.1 Å². The molecule has 3 aromatic carbocycles. The van der Waals surface area contributed by atoms with Crippen LogP contribution in [0.4, 0.5) is 10.5 Å². The first-order valence-electron chi connectivity index (χ1n) is 15.9. The summed E-state index contributed by atoms with van der Waals surface area (Å²) in [6.07, 6.45) is 4.42. The minimum atomic E-state index is -2.69. The molecular formula is C37H50N4O4Si. The topological polar surface area (TPSA) is 102 Å². The molecule has 2 atom stereocenters. The van der Waals surface area contributed by atoms with E-state index in [1.54, 1.807) is 24.3 Å². The zero-order valence-corrected chi connectivity index (χ0v) is 29.2. The van der Waals surface area contributed by atoms with Crippen molar-refractivity contribution in [3.8, 4) is 0 Å². The minimum absolute atomic E-state index is 0.0567. The highest BCUT2D eigenvalue weighted by molar-refractivity contribution is 6.79. The van der Waals surface area contributed by atoms with Gasteiger partial charge in [-0.3, -0.25) is 25.0 Å². The Balaban J connectivity index is 1.98. The summed E-state index contributed by atoms with van der Waals surface area (Å²) in [5.41, 5.74) is 5.20. The highest BCUT2D eigenvalue weighted by Crippen LogP contribution is 2.39. The molecule has 0 spiro atoms. The molecular weight excluding hydrogens is 593 g/mol. The summed E-state index contributed by atoms with van der Waals surface area (Å²) in [4.78, 5) is 42.1. The summed E-state index contributed by atoms with van der Waals surface area (Å²) >= 11 is 0. The van der Waals surface area contributed by atoms with Crippen molar-refractivity contribution in [1.29, 1.82) is 0 Å². The Morgan fingerprint density at radius 1 is 0.848 bits per heavy atom. The molecule has 8 nitrogen and oxygen atoms in total. The second-order valence-electron chi connectivity index (χ2n) is 13.6. The molecule has 0 unspecified atom stereocenters. The molecule has 3 N–H and O–H groups in total. The molecule has 0 fully saturated rings. The average molecular weight is 643 g/mol. The normalized spacial score (nSPS) is 13.2. The average Bonchev–Trinajstić information content (AvgIpc) is 3.03. The number of nitrogens with zero attached hydrogens (tertiary/aromatic N) is 2. The van der Waals surface area contributed by atoms with Crippen LogP contribution in [0.3, 0.4) is 0 Å². The number of amides is 4. The van der Waals surface area contributed by atoms with Gasteiger partial charge in [-0.05, 0) is 60.2 Å². The van der Waals surface area contributed by atoms with Crippen LogP contribution < -0.4 is 15.8 Å². The molecule has 0 bridgehead atoms. The van der Waals surface area contributed by atoms with E-state index < -0.39 is 37.9 Å². The van der Waals surface area contributed by atoms with Crippen molar-refractivity contribution < 1.29 is 19.6 Å². The number of rotatable bonds is 12. The first kappa shape index (κ1) is 36.3. The van der Waals surface area contributed by atoms with Crippen LogP contribution in [0.15, 0.2) is 97.1 Å². The predicted octanol–water partition coefficient (Wildman–Crippen LogP) is 8.04. The molecule has 0 saturated carbocycles. The summed E-state index contributed by atoms with van der Waals surface area (Å²) in [5, 5.41) is 15.2. The lowest BCUT2D eigenvalue weighted by Gasteiger charge is -2.43. The fourth-order valence-corrected chi connectivity index (χ4v) is 6.27. The van der Waals surface area contributed by atoms with Gasteiger partial charge in [-0.1, -0.05) is 126 Å². The Hall–Kier alpha value is -4.21. The van der Waals surface area contributed by atoms with Gasteiger partial charge in [-0.15, -0.1) is 0 Å². The number of nitrogens with one attached hydrogen (secondary N) is 2. The van der Waals surface area contributed by atoms with Crippen LogP contribution in [0, 0.1) is 17.8 Å². The molecule has 3 rings (SSSR count). The maximum absolute atomic E-state index is 14.3. The highest BCUT2D eigenvalue weighted by atomic mass is 28.3. The van der Waals surface area contributed by atoms with Crippen LogP contribution in [0.1, 0.15) is 58.6 Å². The van der Waals surface area contributed by atoms with Crippen molar-refractivity contribution in [3.63, 3.8) is 0 Å². The van der Waals surface area contributed by atoms with Crippen molar-refractivity contribution in [1.82, 2.24) is 15.5 Å². The third-order valence-electron chi connectivity index (χ3n) is 8.66. The largest absolute Gasteiger partial charge is 0.341 e. The van der Waals surface area contributed by atoms with Gasteiger partial charge >= 0.3 is 6.03 Å². The predicted molar refractivity (Wildman–Crippen MR) is 188 cm³/mol. The lowest BCUT2D eigenvalue weighted by atomic mass is 9.82. The van der Waals surface area contributed by atoms with E-state index in [0.717, 1.165) is 15.9 Å². The van der Waals surface area contributed by atoms with Gasteiger partial charge in [0.05, 0.1) is 17.5 Å². The number of allylic oxidation sites excluding steroid dienone is 1. The summed E-state index contributed by atoms with van der Waals surface area (Å²) in [5.74, 6) is -2.60. The minimum Gasteiger partial charge on any atom is -0.332 e. The molecule has 0 aromatic heterocycles. The zero-order valence-electron chi connectivity index (χ0n) is 28.2. The van der Waals surface area contributed by atoms with Crippen molar-refractivity contribution in [2.75, 3.05) is 5.01 Å². The summed E-state index contributed by atoms with van der Waals surface area (Å²) in [7, 11) is -2.69. The summed E-state index contributed by atoms with van der Waals surface area (Å²) in [6.45, 7) is 14.2. The lowest BCUT2D eigenvalue weighted by molar-refractivity contribution is -0.158. The van der Waals surface area contributed by atoms with Crippen LogP contribution >= 0.6 is 0 Å². The number of benzene rings is 3. The van der Waals surface area contributed by atoms with Crippen LogP contribution in [0.5, 0.6) is 0 Å². The van der Waals surface area contributed by atoms with E-state index in [4.69, 9.17) is 0 Å². The number of carbonyl (C=O) groups excluding carboxylic acids is 3. The molecule has 46 heavy (non-hydrogen) atoms. The van der Waals surface area contributed by atoms with Gasteiger partial charge in [-0.25, -0.2) is 9.80 Å². The number of hydrogen-bond donors (Lipinski definition) is 3. The van der Waals surface area contributed by atoms with E-state index in [9.17, 15) is 19.6 Å². The number of para-hydroxylation sites is 1. The summed E-state index contributed by atoms with van der Waals surface area (Å²) < 4.78 is 0.941. The van der Waals surface area contributed by atoms with E-state index in [1.807, 2.05) is 127 Å². The fraction of sp³-hybridized carbons (Fsp3) is 0.378. The number of hydrogen-bond acceptors (Lipinski definition) is 4. The smallest absolute Gasteiger partial charge is 0.332 e. The molecule has 0 heterocycles. The van der Waals surface area contributed by atoms with Crippen molar-refractivity contribution >= 4 is 37.8 Å². The van der Waals surface area contributed by atoms with Gasteiger partial charge < -0.3 is 5.32 Å². The molecule has 246 valence electrons. The van der Waals surface area contributed by atoms with Crippen molar-refractivity contribution in [3.05, 3.63) is 108 Å². The molecule has 4 amide bonds.